The molecule has 1 amide bonds. The summed E-state index contributed by atoms with van der Waals surface area (Å²) in [6, 6.07) is 9.94. The smallest absolute Gasteiger partial charge is 0.272 e. The van der Waals surface area contributed by atoms with Gasteiger partial charge in [-0.1, -0.05) is 6.07 Å². The van der Waals surface area contributed by atoms with E-state index in [1.54, 1.807) is 16.0 Å². The highest BCUT2D eigenvalue weighted by molar-refractivity contribution is 7.13. The van der Waals surface area contributed by atoms with Gasteiger partial charge in [0.1, 0.15) is 11.4 Å². The highest BCUT2D eigenvalue weighted by atomic mass is 32.1. The molecule has 0 aliphatic carbocycles. The summed E-state index contributed by atoms with van der Waals surface area (Å²) in [5, 5.41) is 24.6. The maximum absolute atomic E-state index is 13.1. The molecule has 2 aliphatic rings. The number of aromatic nitrogens is 4. The third kappa shape index (κ3) is 4.77. The lowest BCUT2D eigenvalue weighted by molar-refractivity contribution is 0.0735. The summed E-state index contributed by atoms with van der Waals surface area (Å²) in [6.07, 6.45) is 0. The van der Waals surface area contributed by atoms with Crippen LogP contribution in [0.15, 0.2) is 35.7 Å². The van der Waals surface area contributed by atoms with Crippen molar-refractivity contribution < 1.29 is 9.90 Å². The molecule has 5 rings (SSSR count). The fourth-order valence-electron chi connectivity index (χ4n) is 4.51. The van der Waals surface area contributed by atoms with E-state index in [4.69, 9.17) is 5.11 Å². The molecule has 10 nitrogen and oxygen atoms in total. The standard InChI is InChI=1S/C23H30N8O2S/c1-27-19(17-18(26-27)20-3-2-16-34-20)23(33)31-12-10-30(11-13-31)22-5-4-21(24-25-22)29-8-6-28(7-9-29)14-15-32/h2-5,16-17,32H,6-15H2,1H3. The van der Waals surface area contributed by atoms with Gasteiger partial charge in [0.15, 0.2) is 11.6 Å². The number of carbonyl (C=O) groups is 1. The van der Waals surface area contributed by atoms with Gasteiger partial charge < -0.3 is 19.8 Å². The average Bonchev–Trinajstić information content (AvgIpc) is 3.55. The summed E-state index contributed by atoms with van der Waals surface area (Å²) < 4.78 is 1.68. The molecule has 5 heterocycles. The van der Waals surface area contributed by atoms with Gasteiger partial charge in [0.2, 0.25) is 0 Å². The molecule has 2 saturated heterocycles. The van der Waals surface area contributed by atoms with Crippen molar-refractivity contribution in [3.05, 3.63) is 41.4 Å². The minimum Gasteiger partial charge on any atom is -0.395 e. The molecular weight excluding hydrogens is 452 g/mol. The van der Waals surface area contributed by atoms with Crippen molar-refractivity contribution in [2.45, 2.75) is 0 Å². The number of thiophene rings is 1. The number of nitrogens with zero attached hydrogens (tertiary/aromatic N) is 8. The molecular formula is C23H30N8O2S. The lowest BCUT2D eigenvalue weighted by Crippen LogP contribution is -2.49. The summed E-state index contributed by atoms with van der Waals surface area (Å²) in [7, 11) is 1.82. The van der Waals surface area contributed by atoms with Gasteiger partial charge in [0.05, 0.1) is 11.5 Å². The molecule has 0 bridgehead atoms. The van der Waals surface area contributed by atoms with E-state index < -0.39 is 0 Å². The Balaban J connectivity index is 1.16. The highest BCUT2D eigenvalue weighted by Crippen LogP contribution is 2.25. The van der Waals surface area contributed by atoms with Gasteiger partial charge in [-0.25, -0.2) is 0 Å². The number of piperazine rings is 2. The number of β-amino-alcohol motifs (C(OH)–C–C–N with tert-alkyl or cyclic N) is 1. The van der Waals surface area contributed by atoms with Crippen molar-refractivity contribution in [2.75, 3.05) is 75.3 Å². The van der Waals surface area contributed by atoms with Crippen LogP contribution in [0.4, 0.5) is 11.6 Å². The van der Waals surface area contributed by atoms with E-state index in [0.29, 0.717) is 18.8 Å². The number of carbonyl (C=O) groups excluding carboxylic acids is 1. The molecule has 180 valence electrons. The fourth-order valence-corrected chi connectivity index (χ4v) is 5.19. The second-order valence-electron chi connectivity index (χ2n) is 8.60. The van der Waals surface area contributed by atoms with Crippen molar-refractivity contribution in [1.29, 1.82) is 0 Å². The van der Waals surface area contributed by atoms with Crippen LogP contribution < -0.4 is 9.80 Å². The van der Waals surface area contributed by atoms with Crippen LogP contribution >= 0.6 is 11.3 Å². The zero-order valence-electron chi connectivity index (χ0n) is 19.4. The molecule has 0 radical (unpaired) electrons. The van der Waals surface area contributed by atoms with Crippen LogP contribution in [0.1, 0.15) is 10.5 Å². The summed E-state index contributed by atoms with van der Waals surface area (Å²) >= 11 is 1.62. The molecule has 0 saturated carbocycles. The van der Waals surface area contributed by atoms with Crippen molar-refractivity contribution in [3.8, 4) is 10.6 Å². The average molecular weight is 483 g/mol. The lowest BCUT2D eigenvalue weighted by atomic mass is 10.2. The molecule has 0 spiro atoms. The number of anilines is 2. The van der Waals surface area contributed by atoms with Crippen molar-refractivity contribution >= 4 is 28.9 Å². The maximum Gasteiger partial charge on any atom is 0.272 e. The second-order valence-corrected chi connectivity index (χ2v) is 9.54. The Bertz CT molecular complexity index is 1080. The van der Waals surface area contributed by atoms with Crippen LogP contribution in [0.5, 0.6) is 0 Å². The Kier molecular flexibility index (Phi) is 6.75. The SMILES string of the molecule is Cn1nc(-c2cccs2)cc1C(=O)N1CCN(c2ccc(N3CCN(CCO)CC3)nn2)CC1. The Morgan fingerprint density at radius 3 is 2.18 bits per heavy atom. The molecule has 1 N–H and O–H groups in total. The minimum absolute atomic E-state index is 0.0132. The fraction of sp³-hybridized carbons (Fsp3) is 0.478. The number of amides is 1. The van der Waals surface area contributed by atoms with Crippen molar-refractivity contribution in [1.82, 2.24) is 29.8 Å². The largest absolute Gasteiger partial charge is 0.395 e. The first-order chi connectivity index (χ1) is 16.6. The van der Waals surface area contributed by atoms with Gasteiger partial charge in [-0.3, -0.25) is 14.4 Å². The maximum atomic E-state index is 13.1. The molecule has 11 heteroatoms. The Labute approximate surface area is 203 Å². The number of aliphatic hydroxyl groups is 1. The quantitative estimate of drug-likeness (QED) is 0.557. The van der Waals surface area contributed by atoms with Crippen LogP contribution in [0.2, 0.25) is 0 Å². The van der Waals surface area contributed by atoms with E-state index in [-0.39, 0.29) is 12.5 Å². The number of aryl methyl sites for hydroxylation is 1. The predicted molar refractivity (Wildman–Crippen MR) is 132 cm³/mol. The van der Waals surface area contributed by atoms with Gasteiger partial charge in [0, 0.05) is 66.0 Å². The van der Waals surface area contributed by atoms with E-state index in [1.807, 2.05) is 47.7 Å². The van der Waals surface area contributed by atoms with Crippen LogP contribution in [0, 0.1) is 0 Å². The van der Waals surface area contributed by atoms with Gasteiger partial charge in [-0.15, -0.1) is 21.5 Å². The molecule has 0 aromatic carbocycles. The van der Waals surface area contributed by atoms with Gasteiger partial charge in [-0.2, -0.15) is 5.10 Å². The number of aliphatic hydroxyl groups excluding tert-OH is 1. The van der Waals surface area contributed by atoms with E-state index in [0.717, 1.165) is 68.0 Å². The molecule has 3 aromatic rings. The third-order valence-corrected chi connectivity index (χ3v) is 7.40. The van der Waals surface area contributed by atoms with Crippen LogP contribution in [-0.4, -0.2) is 106 Å². The van der Waals surface area contributed by atoms with Crippen molar-refractivity contribution in [3.63, 3.8) is 0 Å². The monoisotopic (exact) mass is 482 g/mol. The Morgan fingerprint density at radius 1 is 0.971 bits per heavy atom. The zero-order chi connectivity index (χ0) is 23.5. The normalized spacial score (nSPS) is 17.4. The summed E-state index contributed by atoms with van der Waals surface area (Å²) in [5.74, 6) is 1.74. The van der Waals surface area contributed by atoms with Crippen LogP contribution in [0.3, 0.4) is 0 Å². The van der Waals surface area contributed by atoms with Gasteiger partial charge >= 0.3 is 0 Å². The molecule has 2 fully saturated rings. The van der Waals surface area contributed by atoms with E-state index >= 15 is 0 Å². The van der Waals surface area contributed by atoms with Crippen LogP contribution in [0.25, 0.3) is 10.6 Å². The molecule has 0 unspecified atom stereocenters. The molecule has 2 aliphatic heterocycles. The highest BCUT2D eigenvalue weighted by Gasteiger charge is 2.26. The number of hydrogen-bond donors (Lipinski definition) is 1. The van der Waals surface area contributed by atoms with E-state index in [9.17, 15) is 4.79 Å². The first-order valence-electron chi connectivity index (χ1n) is 11.7. The van der Waals surface area contributed by atoms with Gasteiger partial charge in [-0.05, 0) is 29.6 Å². The molecule has 3 aromatic heterocycles. The zero-order valence-corrected chi connectivity index (χ0v) is 20.2. The molecule has 34 heavy (non-hydrogen) atoms. The Morgan fingerprint density at radius 2 is 1.62 bits per heavy atom. The predicted octanol–water partition coefficient (Wildman–Crippen LogP) is 1.02. The molecule has 0 atom stereocenters. The first-order valence-corrected chi connectivity index (χ1v) is 12.5. The lowest BCUT2D eigenvalue weighted by Gasteiger charge is -2.36. The summed E-state index contributed by atoms with van der Waals surface area (Å²) in [4.78, 5) is 22.8. The summed E-state index contributed by atoms with van der Waals surface area (Å²) in [5.41, 5.74) is 1.45. The van der Waals surface area contributed by atoms with Gasteiger partial charge in [0.25, 0.3) is 5.91 Å². The summed E-state index contributed by atoms with van der Waals surface area (Å²) in [6.45, 7) is 7.24. The van der Waals surface area contributed by atoms with Crippen molar-refractivity contribution in [2.24, 2.45) is 7.05 Å². The first kappa shape index (κ1) is 22.8. The number of rotatable bonds is 6. The topological polar surface area (TPSA) is 93.9 Å². The minimum atomic E-state index is 0.0132. The van der Waals surface area contributed by atoms with Crippen LogP contribution in [-0.2, 0) is 7.05 Å². The van der Waals surface area contributed by atoms with E-state index in [1.165, 1.54) is 0 Å². The number of hydrogen-bond acceptors (Lipinski definition) is 9. The Hall–Kier alpha value is -3.02. The third-order valence-electron chi connectivity index (χ3n) is 6.51. The van der Waals surface area contributed by atoms with E-state index in [2.05, 4.69) is 30.0 Å². The second kappa shape index (κ2) is 10.1.